The number of nitrogens with one attached hydrogen (secondary N) is 1. The van der Waals surface area contributed by atoms with Crippen molar-refractivity contribution in [2.45, 2.75) is 19.0 Å². The Labute approximate surface area is 91.1 Å². The molecule has 0 bridgehead atoms. The van der Waals surface area contributed by atoms with E-state index in [1.54, 1.807) is 0 Å². The second-order valence-electron chi connectivity index (χ2n) is 3.66. The van der Waals surface area contributed by atoms with Crippen LogP contribution in [-0.2, 0) is 9.47 Å². The highest BCUT2D eigenvalue weighted by molar-refractivity contribution is 5.67. The summed E-state index contributed by atoms with van der Waals surface area (Å²) in [6.07, 6.45) is -3.71. The van der Waals surface area contributed by atoms with Crippen LogP contribution in [-0.4, -0.2) is 38.6 Å². The molecule has 1 heterocycles. The van der Waals surface area contributed by atoms with Gasteiger partial charge in [-0.25, -0.2) is 4.79 Å². The van der Waals surface area contributed by atoms with Crippen LogP contribution in [0.2, 0.25) is 0 Å². The molecule has 0 radical (unpaired) electrons. The van der Waals surface area contributed by atoms with E-state index < -0.39 is 18.9 Å². The lowest BCUT2D eigenvalue weighted by atomic mass is 10.0. The van der Waals surface area contributed by atoms with Crippen molar-refractivity contribution in [1.29, 1.82) is 0 Å². The van der Waals surface area contributed by atoms with Crippen molar-refractivity contribution in [3.8, 4) is 0 Å². The molecular formula is C9H14F3NO3. The van der Waals surface area contributed by atoms with Crippen molar-refractivity contribution in [3.63, 3.8) is 0 Å². The molecule has 0 aromatic carbocycles. The summed E-state index contributed by atoms with van der Waals surface area (Å²) in [5.74, 6) is 0.159. The summed E-state index contributed by atoms with van der Waals surface area (Å²) < 4.78 is 44.2. The first-order valence-electron chi connectivity index (χ1n) is 5.02. The molecule has 94 valence electrons. The van der Waals surface area contributed by atoms with Crippen LogP contribution >= 0.6 is 0 Å². The van der Waals surface area contributed by atoms with Gasteiger partial charge < -0.3 is 14.8 Å². The van der Waals surface area contributed by atoms with Crippen LogP contribution in [0.25, 0.3) is 0 Å². The maximum Gasteiger partial charge on any atom is 0.422 e. The van der Waals surface area contributed by atoms with E-state index in [1.807, 2.05) is 0 Å². The van der Waals surface area contributed by atoms with Crippen molar-refractivity contribution in [1.82, 2.24) is 5.32 Å². The van der Waals surface area contributed by atoms with Crippen molar-refractivity contribution < 1.29 is 27.4 Å². The van der Waals surface area contributed by atoms with Gasteiger partial charge in [0.2, 0.25) is 0 Å². The summed E-state index contributed by atoms with van der Waals surface area (Å²) in [6, 6.07) is 0. The van der Waals surface area contributed by atoms with Crippen LogP contribution < -0.4 is 5.32 Å². The number of amides is 1. The molecule has 1 amide bonds. The molecule has 0 saturated carbocycles. The summed E-state index contributed by atoms with van der Waals surface area (Å²) in [7, 11) is 0. The Bertz CT molecular complexity index is 227. The molecule has 1 saturated heterocycles. The molecule has 1 fully saturated rings. The van der Waals surface area contributed by atoms with E-state index in [9.17, 15) is 18.0 Å². The Kier molecular flexibility index (Phi) is 4.85. The highest BCUT2D eigenvalue weighted by Gasteiger charge is 2.29. The number of alkyl halides is 3. The fraction of sp³-hybridized carbons (Fsp3) is 0.889. The maximum absolute atomic E-state index is 11.7. The topological polar surface area (TPSA) is 47.6 Å². The second-order valence-corrected chi connectivity index (χ2v) is 3.66. The number of halogens is 3. The van der Waals surface area contributed by atoms with E-state index in [2.05, 4.69) is 10.1 Å². The fourth-order valence-corrected chi connectivity index (χ4v) is 1.39. The first kappa shape index (κ1) is 13.1. The Morgan fingerprint density at radius 1 is 1.50 bits per heavy atom. The van der Waals surface area contributed by atoms with E-state index >= 15 is 0 Å². The maximum atomic E-state index is 11.7. The number of carbonyl (C=O) groups excluding carboxylic acids is 1. The first-order chi connectivity index (χ1) is 7.47. The lowest BCUT2D eigenvalue weighted by Gasteiger charge is -2.22. The van der Waals surface area contributed by atoms with Crippen molar-refractivity contribution in [2.24, 2.45) is 5.92 Å². The standard InChI is InChI=1S/C9H14F3NO3/c10-9(11,12)6-16-8(14)13-4-7-2-1-3-15-5-7/h7H,1-6H2,(H,13,14). The molecule has 1 aliphatic heterocycles. The van der Waals surface area contributed by atoms with Crippen molar-refractivity contribution >= 4 is 6.09 Å². The summed E-state index contributed by atoms with van der Waals surface area (Å²) in [4.78, 5) is 10.9. The van der Waals surface area contributed by atoms with Gasteiger partial charge in [-0.1, -0.05) is 0 Å². The predicted octanol–water partition coefficient (Wildman–Crippen LogP) is 1.70. The summed E-state index contributed by atoms with van der Waals surface area (Å²) in [5, 5.41) is 2.28. The minimum atomic E-state index is -4.48. The molecular weight excluding hydrogens is 227 g/mol. The predicted molar refractivity (Wildman–Crippen MR) is 48.9 cm³/mol. The third-order valence-electron chi connectivity index (χ3n) is 2.16. The van der Waals surface area contributed by atoms with E-state index in [1.165, 1.54) is 0 Å². The zero-order chi connectivity index (χ0) is 12.0. The molecule has 1 atom stereocenters. The van der Waals surface area contributed by atoms with Crippen LogP contribution in [0.15, 0.2) is 0 Å². The van der Waals surface area contributed by atoms with Gasteiger partial charge in [-0.2, -0.15) is 13.2 Å². The molecule has 0 aromatic rings. The lowest BCUT2D eigenvalue weighted by Crippen LogP contribution is -2.35. The van der Waals surface area contributed by atoms with Gasteiger partial charge in [-0.3, -0.25) is 0 Å². The Morgan fingerprint density at radius 3 is 2.81 bits per heavy atom. The molecule has 16 heavy (non-hydrogen) atoms. The molecule has 1 N–H and O–H groups in total. The average molecular weight is 241 g/mol. The number of ether oxygens (including phenoxy) is 2. The largest absolute Gasteiger partial charge is 0.440 e. The Hall–Kier alpha value is -0.980. The van der Waals surface area contributed by atoms with E-state index in [4.69, 9.17) is 4.74 Å². The van der Waals surface area contributed by atoms with Crippen molar-refractivity contribution in [3.05, 3.63) is 0 Å². The Morgan fingerprint density at radius 2 is 2.25 bits per heavy atom. The molecule has 4 nitrogen and oxygen atoms in total. The lowest BCUT2D eigenvalue weighted by molar-refractivity contribution is -0.160. The minimum absolute atomic E-state index is 0.159. The molecule has 0 aromatic heterocycles. The molecule has 0 aliphatic carbocycles. The first-order valence-corrected chi connectivity index (χ1v) is 5.02. The molecule has 1 unspecified atom stereocenters. The van der Waals surface area contributed by atoms with Gasteiger partial charge >= 0.3 is 12.3 Å². The van der Waals surface area contributed by atoms with Gasteiger partial charge in [0.25, 0.3) is 0 Å². The van der Waals surface area contributed by atoms with E-state index in [0.717, 1.165) is 12.8 Å². The number of hydrogen-bond acceptors (Lipinski definition) is 3. The smallest absolute Gasteiger partial charge is 0.422 e. The highest BCUT2D eigenvalue weighted by Crippen LogP contribution is 2.15. The highest BCUT2D eigenvalue weighted by atomic mass is 19.4. The number of rotatable bonds is 3. The minimum Gasteiger partial charge on any atom is -0.440 e. The third-order valence-corrected chi connectivity index (χ3v) is 2.16. The van der Waals surface area contributed by atoms with Gasteiger partial charge in [-0.15, -0.1) is 0 Å². The molecule has 1 aliphatic rings. The molecule has 0 spiro atoms. The normalized spacial score (nSPS) is 21.6. The average Bonchev–Trinajstić information content (AvgIpc) is 2.24. The zero-order valence-electron chi connectivity index (χ0n) is 8.68. The van der Waals surface area contributed by atoms with Crippen LogP contribution in [0.5, 0.6) is 0 Å². The fourth-order valence-electron chi connectivity index (χ4n) is 1.39. The molecule has 7 heteroatoms. The quantitative estimate of drug-likeness (QED) is 0.818. The third kappa shape index (κ3) is 5.79. The summed E-state index contributed by atoms with van der Waals surface area (Å²) in [6.45, 7) is -0.0364. The van der Waals surface area contributed by atoms with Crippen LogP contribution in [0.4, 0.5) is 18.0 Å². The van der Waals surface area contributed by atoms with Crippen LogP contribution in [0.1, 0.15) is 12.8 Å². The van der Waals surface area contributed by atoms with E-state index in [-0.39, 0.29) is 12.5 Å². The van der Waals surface area contributed by atoms with Gasteiger partial charge in [0, 0.05) is 13.2 Å². The van der Waals surface area contributed by atoms with Gasteiger partial charge in [-0.05, 0) is 18.8 Å². The number of alkyl carbamates (subject to hydrolysis) is 1. The van der Waals surface area contributed by atoms with Crippen LogP contribution in [0, 0.1) is 5.92 Å². The van der Waals surface area contributed by atoms with Gasteiger partial charge in [0.15, 0.2) is 6.61 Å². The summed E-state index contributed by atoms with van der Waals surface area (Å²) >= 11 is 0. The van der Waals surface area contributed by atoms with Gasteiger partial charge in [0.05, 0.1) is 6.61 Å². The molecule has 1 rings (SSSR count). The Balaban J connectivity index is 2.09. The second kappa shape index (κ2) is 5.93. The van der Waals surface area contributed by atoms with Crippen LogP contribution in [0.3, 0.4) is 0 Å². The number of hydrogen-bond donors (Lipinski definition) is 1. The van der Waals surface area contributed by atoms with Crippen molar-refractivity contribution in [2.75, 3.05) is 26.4 Å². The SMILES string of the molecule is O=C(NCC1CCCOC1)OCC(F)(F)F. The number of carbonyl (C=O) groups is 1. The summed E-state index contributed by atoms with van der Waals surface area (Å²) in [5.41, 5.74) is 0. The zero-order valence-corrected chi connectivity index (χ0v) is 8.68. The van der Waals surface area contributed by atoms with E-state index in [0.29, 0.717) is 13.2 Å². The van der Waals surface area contributed by atoms with Gasteiger partial charge in [0.1, 0.15) is 0 Å². The monoisotopic (exact) mass is 241 g/mol.